The van der Waals surface area contributed by atoms with E-state index >= 15 is 0 Å². The van der Waals surface area contributed by atoms with Gasteiger partial charge in [-0.15, -0.1) is 0 Å². The Morgan fingerprint density at radius 2 is 1.69 bits per heavy atom. The first kappa shape index (κ1) is 23.2. The van der Waals surface area contributed by atoms with Crippen molar-refractivity contribution in [2.24, 2.45) is 11.3 Å². The predicted molar refractivity (Wildman–Crippen MR) is 126 cm³/mol. The van der Waals surface area contributed by atoms with Crippen LogP contribution in [0.1, 0.15) is 93.9 Å². The topological polar surface area (TPSA) is 52.6 Å². The van der Waals surface area contributed by atoms with Crippen LogP contribution in [-0.2, 0) is 31.9 Å². The zero-order valence-corrected chi connectivity index (χ0v) is 20.1. The van der Waals surface area contributed by atoms with Crippen molar-refractivity contribution in [1.82, 2.24) is 0 Å². The van der Waals surface area contributed by atoms with Gasteiger partial charge in [0.15, 0.2) is 5.78 Å². The minimum absolute atomic E-state index is 0.134. The molecule has 174 valence electrons. The molecular formula is C28H38O4. The van der Waals surface area contributed by atoms with Gasteiger partial charge in [-0.3, -0.25) is 9.59 Å². The van der Waals surface area contributed by atoms with E-state index in [1.54, 1.807) is 0 Å². The smallest absolute Gasteiger partial charge is 0.311 e. The molecule has 0 aromatic heterocycles. The molecule has 1 aromatic carbocycles. The zero-order valence-electron chi connectivity index (χ0n) is 20.1. The van der Waals surface area contributed by atoms with Gasteiger partial charge in [-0.25, -0.2) is 0 Å². The molecule has 4 nitrogen and oxygen atoms in total. The summed E-state index contributed by atoms with van der Waals surface area (Å²) < 4.78 is 11.7. The molecule has 32 heavy (non-hydrogen) atoms. The fraction of sp³-hybridized carbons (Fsp3) is 0.643. The number of hydrogen-bond acceptors (Lipinski definition) is 4. The van der Waals surface area contributed by atoms with Gasteiger partial charge >= 0.3 is 5.97 Å². The van der Waals surface area contributed by atoms with Crippen molar-refractivity contribution in [1.29, 1.82) is 0 Å². The van der Waals surface area contributed by atoms with Gasteiger partial charge in [0.2, 0.25) is 0 Å². The van der Waals surface area contributed by atoms with Crippen LogP contribution >= 0.6 is 0 Å². The fourth-order valence-electron chi connectivity index (χ4n) is 6.05. The van der Waals surface area contributed by atoms with E-state index < -0.39 is 0 Å². The molecule has 4 rings (SSSR count). The molecule has 1 saturated heterocycles. The van der Waals surface area contributed by atoms with Crippen molar-refractivity contribution < 1.29 is 19.1 Å². The van der Waals surface area contributed by atoms with Crippen LogP contribution in [0.3, 0.4) is 0 Å². The Morgan fingerprint density at radius 3 is 2.28 bits per heavy atom. The molecule has 2 fully saturated rings. The summed E-state index contributed by atoms with van der Waals surface area (Å²) in [6.45, 7) is 7.74. The second-order valence-corrected chi connectivity index (χ2v) is 10.2. The number of ether oxygens (including phenoxy) is 2. The van der Waals surface area contributed by atoms with Gasteiger partial charge in [0.25, 0.3) is 0 Å². The number of carbonyl (C=O) groups excluding carboxylic acids is 2. The lowest BCUT2D eigenvalue weighted by Crippen LogP contribution is -2.37. The maximum atomic E-state index is 13.7. The summed E-state index contributed by atoms with van der Waals surface area (Å²) in [7, 11) is 0. The second kappa shape index (κ2) is 9.91. The van der Waals surface area contributed by atoms with Crippen molar-refractivity contribution in [2.75, 3.05) is 13.2 Å². The van der Waals surface area contributed by atoms with Crippen molar-refractivity contribution in [3.05, 3.63) is 40.1 Å². The van der Waals surface area contributed by atoms with Gasteiger partial charge in [-0.2, -0.15) is 0 Å². The molecular weight excluding hydrogens is 400 g/mol. The summed E-state index contributed by atoms with van der Waals surface area (Å²) in [5, 5.41) is 0. The number of aryl methyl sites for hydroxylation is 3. The van der Waals surface area contributed by atoms with Crippen LogP contribution < -0.4 is 0 Å². The van der Waals surface area contributed by atoms with Crippen LogP contribution in [0.25, 0.3) is 5.57 Å². The molecule has 2 aliphatic carbocycles. The summed E-state index contributed by atoms with van der Waals surface area (Å²) in [4.78, 5) is 26.7. The number of rotatable bonds is 6. The highest BCUT2D eigenvalue weighted by Crippen LogP contribution is 2.48. The normalized spacial score (nSPS) is 21.4. The summed E-state index contributed by atoms with van der Waals surface area (Å²) in [5.41, 5.74) is 5.14. The number of esters is 1. The lowest BCUT2D eigenvalue weighted by Gasteiger charge is -2.41. The highest BCUT2D eigenvalue weighted by atomic mass is 16.5. The number of benzene rings is 1. The van der Waals surface area contributed by atoms with E-state index in [1.807, 2.05) is 0 Å². The Labute approximate surface area is 192 Å². The highest BCUT2D eigenvalue weighted by molar-refractivity contribution is 6.23. The summed E-state index contributed by atoms with van der Waals surface area (Å²) in [6.07, 6.45) is 9.69. The van der Waals surface area contributed by atoms with Crippen LogP contribution in [0.2, 0.25) is 0 Å². The summed E-state index contributed by atoms with van der Waals surface area (Å²) in [6, 6.07) is 4.37. The maximum absolute atomic E-state index is 13.7. The van der Waals surface area contributed by atoms with Crippen molar-refractivity contribution in [3.8, 4) is 0 Å². The van der Waals surface area contributed by atoms with Gasteiger partial charge in [0.1, 0.15) is 5.76 Å². The van der Waals surface area contributed by atoms with Gasteiger partial charge in [-0.05, 0) is 73.5 Å². The zero-order chi connectivity index (χ0) is 22.7. The Kier molecular flexibility index (Phi) is 7.19. The van der Waals surface area contributed by atoms with Crippen molar-refractivity contribution in [3.63, 3.8) is 0 Å². The lowest BCUT2D eigenvalue weighted by molar-refractivity contribution is -0.141. The molecule has 1 spiro atoms. The second-order valence-electron chi connectivity index (χ2n) is 10.2. The molecule has 3 aliphatic rings. The largest absolute Gasteiger partial charge is 0.430 e. The third-order valence-electron chi connectivity index (χ3n) is 7.81. The van der Waals surface area contributed by atoms with Crippen LogP contribution in [0.15, 0.2) is 17.9 Å². The van der Waals surface area contributed by atoms with Gasteiger partial charge < -0.3 is 9.47 Å². The van der Waals surface area contributed by atoms with Gasteiger partial charge in [-0.1, -0.05) is 44.4 Å². The Balaban J connectivity index is 1.76. The average Bonchev–Trinajstić information content (AvgIpc) is 3.27. The van der Waals surface area contributed by atoms with Crippen LogP contribution in [0.5, 0.6) is 0 Å². The molecule has 0 unspecified atom stereocenters. The highest BCUT2D eigenvalue weighted by Gasteiger charge is 2.43. The number of Topliss-reactive ketones (excluding diaryl/α,β-unsaturated/α-hetero) is 1. The minimum Gasteiger partial charge on any atom is -0.430 e. The van der Waals surface area contributed by atoms with E-state index in [-0.39, 0.29) is 17.2 Å². The Morgan fingerprint density at radius 1 is 1.06 bits per heavy atom. The van der Waals surface area contributed by atoms with E-state index in [9.17, 15) is 9.59 Å². The molecule has 1 saturated carbocycles. The van der Waals surface area contributed by atoms with E-state index in [2.05, 4.69) is 32.9 Å². The minimum atomic E-state index is -0.162. The molecule has 1 aromatic rings. The van der Waals surface area contributed by atoms with E-state index in [0.717, 1.165) is 44.1 Å². The molecule has 0 N–H and O–H groups in total. The molecule has 0 atom stereocenters. The van der Waals surface area contributed by atoms with E-state index in [1.165, 1.54) is 29.5 Å². The maximum Gasteiger partial charge on any atom is 0.311 e. The number of carbonyl (C=O) groups is 2. The Bertz CT molecular complexity index is 873. The first-order valence-corrected chi connectivity index (χ1v) is 12.6. The lowest BCUT2D eigenvalue weighted by atomic mass is 9.67. The molecule has 0 bridgehead atoms. The molecule has 1 heterocycles. The first-order chi connectivity index (χ1) is 15.4. The quantitative estimate of drug-likeness (QED) is 0.503. The SMILES string of the molecule is CCc1cc(C)cc(CC)c1C1=C(OC(=O)CC2CCCC2)CC2(CCOCC2)CC1=O. The van der Waals surface area contributed by atoms with Gasteiger partial charge in [0, 0.05) is 32.5 Å². The molecule has 0 radical (unpaired) electrons. The predicted octanol–water partition coefficient (Wildman–Crippen LogP) is 6.11. The van der Waals surface area contributed by atoms with E-state index in [0.29, 0.717) is 49.7 Å². The van der Waals surface area contributed by atoms with Crippen LogP contribution in [0.4, 0.5) is 0 Å². The third kappa shape index (κ3) is 4.85. The molecule has 1 aliphatic heterocycles. The van der Waals surface area contributed by atoms with Crippen molar-refractivity contribution >= 4 is 17.3 Å². The average molecular weight is 439 g/mol. The molecule has 4 heteroatoms. The van der Waals surface area contributed by atoms with E-state index in [4.69, 9.17) is 9.47 Å². The summed E-state index contributed by atoms with van der Waals surface area (Å²) >= 11 is 0. The number of ketones is 1. The third-order valence-corrected chi connectivity index (χ3v) is 7.81. The van der Waals surface area contributed by atoms with Gasteiger partial charge in [0.05, 0.1) is 5.57 Å². The first-order valence-electron chi connectivity index (χ1n) is 12.6. The Hall–Kier alpha value is -1.94. The van der Waals surface area contributed by atoms with Crippen LogP contribution in [0, 0.1) is 18.3 Å². The van der Waals surface area contributed by atoms with Crippen LogP contribution in [-0.4, -0.2) is 25.0 Å². The number of hydrogen-bond donors (Lipinski definition) is 0. The monoisotopic (exact) mass is 438 g/mol. The molecule has 0 amide bonds. The summed E-state index contributed by atoms with van der Waals surface area (Å²) in [5.74, 6) is 1.03. The fourth-order valence-corrected chi connectivity index (χ4v) is 6.05. The standard InChI is InChI=1S/C28H38O4/c1-4-21-14-19(3)15-22(5-2)26(21)27-23(29)17-28(10-12-31-13-11-28)18-24(27)32-25(30)16-20-8-6-7-9-20/h14-15,20H,4-13,16-18H2,1-3H3. The number of allylic oxidation sites excluding steroid dienone is 2. The van der Waals surface area contributed by atoms with Crippen molar-refractivity contribution in [2.45, 2.75) is 91.4 Å².